The van der Waals surface area contributed by atoms with Gasteiger partial charge in [-0.15, -0.1) is 0 Å². The maximum Gasteiger partial charge on any atom is 0.251 e. The number of anilines is 1. The number of aryl methyl sites for hydroxylation is 1. The lowest BCUT2D eigenvalue weighted by molar-refractivity contribution is -0.115. The topological polar surface area (TPSA) is 90.8 Å². The Kier molecular flexibility index (Phi) is 6.58. The predicted molar refractivity (Wildman–Crippen MR) is 132 cm³/mol. The van der Waals surface area contributed by atoms with Crippen LogP contribution in [0.3, 0.4) is 0 Å². The molecule has 4 aromatic rings. The number of amides is 2. The summed E-state index contributed by atoms with van der Waals surface area (Å²) in [5, 5.41) is 7.69. The summed E-state index contributed by atoms with van der Waals surface area (Å²) in [5.41, 5.74) is 3.22. The molecule has 0 aliphatic carbocycles. The van der Waals surface area contributed by atoms with Gasteiger partial charge in [-0.3, -0.25) is 9.59 Å². The number of para-hydroxylation sites is 1. The Morgan fingerprint density at radius 3 is 2.18 bits per heavy atom. The maximum absolute atomic E-state index is 12.6. The monoisotopic (exact) mass is 461 g/mol. The van der Waals surface area contributed by atoms with Crippen molar-refractivity contribution in [1.82, 2.24) is 9.88 Å². The van der Waals surface area contributed by atoms with Crippen molar-refractivity contribution >= 4 is 39.3 Å². The van der Waals surface area contributed by atoms with Gasteiger partial charge in [0.1, 0.15) is 0 Å². The Balaban J connectivity index is 1.48. The van der Waals surface area contributed by atoms with Gasteiger partial charge in [-0.05, 0) is 43.3 Å². The first-order valence-corrected chi connectivity index (χ1v) is 10.9. The van der Waals surface area contributed by atoms with Crippen LogP contribution in [0.5, 0.6) is 17.2 Å². The third kappa shape index (κ3) is 4.22. The van der Waals surface area contributed by atoms with Gasteiger partial charge in [0.15, 0.2) is 11.5 Å². The first-order chi connectivity index (χ1) is 16.5. The zero-order valence-electron chi connectivity index (χ0n) is 19.6. The number of rotatable bonds is 8. The highest BCUT2D eigenvalue weighted by Gasteiger charge is 2.18. The molecule has 0 spiro atoms. The van der Waals surface area contributed by atoms with E-state index in [0.717, 1.165) is 28.4 Å². The van der Waals surface area contributed by atoms with Crippen molar-refractivity contribution in [2.75, 3.05) is 33.2 Å². The summed E-state index contributed by atoms with van der Waals surface area (Å²) in [6.07, 6.45) is 0. The van der Waals surface area contributed by atoms with Gasteiger partial charge in [-0.1, -0.05) is 18.2 Å². The van der Waals surface area contributed by atoms with Crippen LogP contribution in [0.25, 0.3) is 21.8 Å². The number of hydrogen-bond acceptors (Lipinski definition) is 5. The normalized spacial score (nSPS) is 10.8. The first-order valence-electron chi connectivity index (χ1n) is 10.9. The Bertz CT molecular complexity index is 1350. The second-order valence-corrected chi connectivity index (χ2v) is 7.64. The zero-order valence-corrected chi connectivity index (χ0v) is 19.6. The molecule has 4 rings (SSSR count). The van der Waals surface area contributed by atoms with Crippen LogP contribution in [-0.2, 0) is 11.3 Å². The van der Waals surface area contributed by atoms with Gasteiger partial charge in [0.25, 0.3) is 5.91 Å². The highest BCUT2D eigenvalue weighted by atomic mass is 16.5. The molecule has 0 fully saturated rings. The second-order valence-electron chi connectivity index (χ2n) is 7.64. The first kappa shape index (κ1) is 23.0. The molecule has 0 saturated heterocycles. The molecular weight excluding hydrogens is 434 g/mol. The summed E-state index contributed by atoms with van der Waals surface area (Å²) in [6, 6.07) is 17.1. The van der Waals surface area contributed by atoms with E-state index in [1.807, 2.05) is 30.3 Å². The molecule has 8 nitrogen and oxygen atoms in total. The highest BCUT2D eigenvalue weighted by molar-refractivity contribution is 6.10. The number of benzene rings is 3. The largest absolute Gasteiger partial charge is 0.493 e. The highest BCUT2D eigenvalue weighted by Crippen LogP contribution is 2.38. The van der Waals surface area contributed by atoms with Gasteiger partial charge in [0, 0.05) is 39.6 Å². The summed E-state index contributed by atoms with van der Waals surface area (Å²) in [6.45, 7) is 2.77. The van der Waals surface area contributed by atoms with Crippen LogP contribution in [0.2, 0.25) is 0 Å². The van der Waals surface area contributed by atoms with Crippen LogP contribution in [0.4, 0.5) is 5.69 Å². The number of nitrogens with zero attached hydrogens (tertiary/aromatic N) is 1. The van der Waals surface area contributed by atoms with Gasteiger partial charge >= 0.3 is 0 Å². The lowest BCUT2D eigenvalue weighted by Gasteiger charge is -2.14. The zero-order chi connectivity index (χ0) is 24.2. The van der Waals surface area contributed by atoms with Crippen molar-refractivity contribution < 1.29 is 23.8 Å². The van der Waals surface area contributed by atoms with E-state index >= 15 is 0 Å². The van der Waals surface area contributed by atoms with Crippen LogP contribution in [0.1, 0.15) is 17.3 Å². The molecule has 0 atom stereocenters. The van der Waals surface area contributed by atoms with Gasteiger partial charge in [-0.25, -0.2) is 0 Å². The molecule has 0 unspecified atom stereocenters. The minimum absolute atomic E-state index is 0.190. The molecule has 34 heavy (non-hydrogen) atoms. The number of methoxy groups -OCH3 is 3. The third-order valence-electron chi connectivity index (χ3n) is 5.71. The molecule has 0 bridgehead atoms. The number of fused-ring (bicyclic) bond motifs is 3. The fourth-order valence-corrected chi connectivity index (χ4v) is 4.15. The fraction of sp³-hybridized carbons (Fsp3) is 0.231. The maximum atomic E-state index is 12.6. The number of hydrogen-bond donors (Lipinski definition) is 2. The van der Waals surface area contributed by atoms with Gasteiger partial charge in [-0.2, -0.15) is 0 Å². The summed E-state index contributed by atoms with van der Waals surface area (Å²) in [5.74, 6) is 0.335. The Morgan fingerprint density at radius 1 is 0.853 bits per heavy atom. The molecule has 176 valence electrons. The summed E-state index contributed by atoms with van der Waals surface area (Å²) in [4.78, 5) is 25.2. The second kappa shape index (κ2) is 9.74. The van der Waals surface area contributed by atoms with Gasteiger partial charge < -0.3 is 29.4 Å². The molecule has 1 aromatic heterocycles. The van der Waals surface area contributed by atoms with Crippen molar-refractivity contribution in [2.45, 2.75) is 13.5 Å². The molecule has 0 radical (unpaired) electrons. The molecular formula is C26H27N3O5. The third-order valence-corrected chi connectivity index (χ3v) is 5.71. The number of carbonyl (C=O) groups is 2. The van der Waals surface area contributed by atoms with Crippen LogP contribution in [0.15, 0.2) is 54.6 Å². The summed E-state index contributed by atoms with van der Waals surface area (Å²) < 4.78 is 18.1. The van der Waals surface area contributed by atoms with E-state index < -0.39 is 5.91 Å². The van der Waals surface area contributed by atoms with E-state index in [0.29, 0.717) is 22.9 Å². The quantitative estimate of drug-likeness (QED) is 0.410. The van der Waals surface area contributed by atoms with Crippen molar-refractivity contribution in [3.63, 3.8) is 0 Å². The van der Waals surface area contributed by atoms with Crippen LogP contribution >= 0.6 is 0 Å². The van der Waals surface area contributed by atoms with E-state index in [9.17, 15) is 9.59 Å². The minimum atomic E-state index is -0.434. The Hall–Kier alpha value is -4.20. The minimum Gasteiger partial charge on any atom is -0.493 e. The average molecular weight is 462 g/mol. The predicted octanol–water partition coefficient (Wildman–Crippen LogP) is 4.21. The molecule has 0 saturated carbocycles. The number of aromatic nitrogens is 1. The summed E-state index contributed by atoms with van der Waals surface area (Å²) >= 11 is 0. The Labute approximate surface area is 197 Å². The van der Waals surface area contributed by atoms with Crippen LogP contribution in [-0.4, -0.2) is 44.3 Å². The number of ether oxygens (including phenoxy) is 3. The van der Waals surface area contributed by atoms with Gasteiger partial charge in [0.05, 0.1) is 27.9 Å². The number of carbonyl (C=O) groups excluding carboxylic acids is 2. The molecule has 0 aliphatic rings. The van der Waals surface area contributed by atoms with Gasteiger partial charge in [0.2, 0.25) is 11.7 Å². The van der Waals surface area contributed by atoms with E-state index in [2.05, 4.69) is 34.3 Å². The van der Waals surface area contributed by atoms with E-state index in [-0.39, 0.29) is 18.0 Å². The van der Waals surface area contributed by atoms with E-state index in [1.165, 1.54) is 33.5 Å². The van der Waals surface area contributed by atoms with Crippen molar-refractivity contribution in [3.8, 4) is 17.2 Å². The average Bonchev–Trinajstić information content (AvgIpc) is 3.19. The standard InChI is InChI=1S/C26H27N3O5/c1-5-29-20-9-7-6-8-18(20)19-14-17(10-11-21(19)29)28-24(30)15-27-26(31)16-12-22(32-2)25(34-4)23(13-16)33-3/h6-14H,5,15H2,1-4H3,(H,27,31)(H,28,30). The van der Waals surface area contributed by atoms with E-state index in [4.69, 9.17) is 14.2 Å². The molecule has 3 aromatic carbocycles. The van der Waals surface area contributed by atoms with Crippen LogP contribution in [0, 0.1) is 0 Å². The van der Waals surface area contributed by atoms with E-state index in [1.54, 1.807) is 0 Å². The molecule has 8 heteroatoms. The van der Waals surface area contributed by atoms with Crippen molar-refractivity contribution in [2.24, 2.45) is 0 Å². The summed E-state index contributed by atoms with van der Waals surface area (Å²) in [7, 11) is 4.43. The SMILES string of the molecule is CCn1c2ccccc2c2cc(NC(=O)CNC(=O)c3cc(OC)c(OC)c(OC)c3)ccc21. The molecule has 2 amide bonds. The molecule has 1 heterocycles. The molecule has 0 aliphatic heterocycles. The smallest absolute Gasteiger partial charge is 0.251 e. The lowest BCUT2D eigenvalue weighted by atomic mass is 10.1. The van der Waals surface area contributed by atoms with Crippen LogP contribution < -0.4 is 24.8 Å². The number of nitrogens with one attached hydrogen (secondary N) is 2. The van der Waals surface area contributed by atoms with Crippen molar-refractivity contribution in [1.29, 1.82) is 0 Å². The fourth-order valence-electron chi connectivity index (χ4n) is 4.15. The molecule has 2 N–H and O–H groups in total. The lowest BCUT2D eigenvalue weighted by Crippen LogP contribution is -2.32. The Morgan fingerprint density at radius 2 is 1.53 bits per heavy atom. The van der Waals surface area contributed by atoms with Crippen molar-refractivity contribution in [3.05, 3.63) is 60.2 Å².